The van der Waals surface area contributed by atoms with E-state index < -0.39 is 97.5 Å². The fourth-order valence-corrected chi connectivity index (χ4v) is 12.6. The van der Waals surface area contributed by atoms with Crippen LogP contribution in [0.2, 0.25) is 0 Å². The van der Waals surface area contributed by atoms with E-state index in [-0.39, 0.29) is 25.7 Å². The summed E-state index contributed by atoms with van der Waals surface area (Å²) in [6.45, 7) is 4.93. The third-order valence-electron chi connectivity index (χ3n) is 16.9. The SMILES string of the molecule is CCCCCCCCCCCCCCCCCCCCCCCC(=O)O[C@H](COC(=O)CCCCCCCCCCCCC)COP(=O)(O)OC[C@@H](O)COP(=O)(O)OC[C@@H](COC(=O)CCCCCCCCCCC)OC(=O)CCCCCCCCCCCC. The second-order valence-electron chi connectivity index (χ2n) is 26.0. The Morgan fingerprint density at radius 2 is 0.440 bits per heavy atom. The van der Waals surface area contributed by atoms with Gasteiger partial charge in [0.1, 0.15) is 19.3 Å². The number of hydrogen-bond acceptors (Lipinski definition) is 15. The average molecular weight is 1340 g/mol. The van der Waals surface area contributed by atoms with Crippen molar-refractivity contribution in [1.82, 2.24) is 0 Å². The van der Waals surface area contributed by atoms with Gasteiger partial charge in [-0.2, -0.15) is 0 Å². The van der Waals surface area contributed by atoms with Crippen molar-refractivity contribution >= 4 is 39.5 Å². The molecule has 17 nitrogen and oxygen atoms in total. The summed E-state index contributed by atoms with van der Waals surface area (Å²) in [4.78, 5) is 72.5. The highest BCUT2D eigenvalue weighted by Gasteiger charge is 2.30. The fourth-order valence-electron chi connectivity index (χ4n) is 11.0. The van der Waals surface area contributed by atoms with Crippen LogP contribution in [0.1, 0.15) is 381 Å². The summed E-state index contributed by atoms with van der Waals surface area (Å²) in [5.74, 6) is -2.12. The number of carbonyl (C=O) groups excluding carboxylic acids is 4. The Morgan fingerprint density at radius 1 is 0.264 bits per heavy atom. The highest BCUT2D eigenvalue weighted by atomic mass is 31.2. The van der Waals surface area contributed by atoms with E-state index in [0.717, 1.165) is 89.9 Å². The van der Waals surface area contributed by atoms with E-state index in [1.165, 1.54) is 212 Å². The maximum Gasteiger partial charge on any atom is 0.472 e. The Kier molecular flexibility index (Phi) is 65.2. The number of phosphoric ester groups is 2. The number of hydrogen-bond donors (Lipinski definition) is 3. The number of aliphatic hydroxyl groups is 1. The van der Waals surface area contributed by atoms with Crippen LogP contribution in [-0.2, 0) is 65.4 Å². The van der Waals surface area contributed by atoms with Crippen molar-refractivity contribution in [3.05, 3.63) is 0 Å². The molecule has 0 aromatic carbocycles. The zero-order valence-electron chi connectivity index (χ0n) is 58.8. The standard InChI is InChI=1S/C72H140O17P2/c1-5-9-13-17-21-25-28-29-30-31-32-33-34-35-36-37-39-43-47-51-55-59-72(77)89-68(63-83-70(75)57-53-49-45-42-38-26-22-18-14-10-6-2)65-87-91(80,81)85-61-66(73)60-84-90(78,79)86-64-67(62-82-69(74)56-52-48-44-40-24-20-16-12-8-4)88-71(76)58-54-50-46-41-27-23-19-15-11-7-3/h66-68,73H,5-65H2,1-4H3,(H,78,79)(H,80,81)/t66-,67+,68+/m0/s1. The fraction of sp³-hybridized carbons (Fsp3) is 0.944. The number of phosphoric acid groups is 2. The van der Waals surface area contributed by atoms with Crippen molar-refractivity contribution in [3.63, 3.8) is 0 Å². The molecule has 0 aliphatic rings. The van der Waals surface area contributed by atoms with Gasteiger partial charge in [0.15, 0.2) is 12.2 Å². The van der Waals surface area contributed by atoms with E-state index in [4.69, 9.17) is 37.0 Å². The highest BCUT2D eigenvalue weighted by molar-refractivity contribution is 7.47. The topological polar surface area (TPSA) is 237 Å². The second-order valence-corrected chi connectivity index (χ2v) is 28.9. The minimum atomic E-state index is -4.95. The summed E-state index contributed by atoms with van der Waals surface area (Å²) in [6.07, 6.45) is 55.6. The predicted molar refractivity (Wildman–Crippen MR) is 368 cm³/mol. The first-order valence-corrected chi connectivity index (χ1v) is 40.8. The van der Waals surface area contributed by atoms with Gasteiger partial charge >= 0.3 is 39.5 Å². The minimum Gasteiger partial charge on any atom is -0.462 e. The highest BCUT2D eigenvalue weighted by Crippen LogP contribution is 2.45. The number of esters is 4. The number of rotatable bonds is 73. The molecule has 0 amide bonds. The number of aliphatic hydroxyl groups excluding tert-OH is 1. The van der Waals surface area contributed by atoms with Crippen molar-refractivity contribution in [2.24, 2.45) is 0 Å². The summed E-state index contributed by atoms with van der Waals surface area (Å²) >= 11 is 0. The third kappa shape index (κ3) is 66.5. The molecule has 0 aromatic rings. The first-order chi connectivity index (χ1) is 44.2. The van der Waals surface area contributed by atoms with Gasteiger partial charge in [0, 0.05) is 25.7 Å². The first-order valence-electron chi connectivity index (χ1n) is 37.8. The molecular formula is C72H140O17P2. The Hall–Kier alpha value is -1.94. The lowest BCUT2D eigenvalue weighted by atomic mass is 10.0. The van der Waals surface area contributed by atoms with Gasteiger partial charge in [-0.05, 0) is 25.7 Å². The van der Waals surface area contributed by atoms with Crippen LogP contribution in [0.4, 0.5) is 0 Å². The van der Waals surface area contributed by atoms with Crippen LogP contribution >= 0.6 is 15.6 Å². The normalized spacial score (nSPS) is 14.0. The van der Waals surface area contributed by atoms with Crippen molar-refractivity contribution in [3.8, 4) is 0 Å². The van der Waals surface area contributed by atoms with Crippen molar-refractivity contribution in [2.45, 2.75) is 399 Å². The van der Waals surface area contributed by atoms with Gasteiger partial charge in [-0.25, -0.2) is 9.13 Å². The minimum absolute atomic E-state index is 0.107. The van der Waals surface area contributed by atoms with Crippen molar-refractivity contribution in [2.75, 3.05) is 39.6 Å². The van der Waals surface area contributed by atoms with Gasteiger partial charge in [0.05, 0.1) is 26.4 Å². The summed E-state index contributed by atoms with van der Waals surface area (Å²) in [7, 11) is -9.89. The molecule has 0 saturated heterocycles. The van der Waals surface area contributed by atoms with Crippen LogP contribution in [0.5, 0.6) is 0 Å². The van der Waals surface area contributed by atoms with E-state index in [0.29, 0.717) is 25.7 Å². The third-order valence-corrected chi connectivity index (χ3v) is 18.8. The zero-order valence-corrected chi connectivity index (χ0v) is 60.6. The van der Waals surface area contributed by atoms with Crippen LogP contribution in [0.25, 0.3) is 0 Å². The average Bonchev–Trinajstić information content (AvgIpc) is 3.65. The summed E-state index contributed by atoms with van der Waals surface area (Å²) in [5.41, 5.74) is 0. The lowest BCUT2D eigenvalue weighted by molar-refractivity contribution is -0.161. The maximum absolute atomic E-state index is 13.0. The molecule has 2 unspecified atom stereocenters. The summed E-state index contributed by atoms with van der Waals surface area (Å²) in [5, 5.41) is 10.6. The maximum atomic E-state index is 13.0. The molecule has 0 fully saturated rings. The molecule has 3 N–H and O–H groups in total. The molecule has 0 aromatic heterocycles. The van der Waals surface area contributed by atoms with Gasteiger partial charge in [-0.1, -0.05) is 329 Å². The largest absolute Gasteiger partial charge is 0.472 e. The van der Waals surface area contributed by atoms with E-state index in [1.807, 2.05) is 0 Å². The Bertz CT molecular complexity index is 1740. The number of ether oxygens (including phenoxy) is 4. The number of unbranched alkanes of at least 4 members (excludes halogenated alkanes) is 47. The molecule has 0 radical (unpaired) electrons. The molecule has 91 heavy (non-hydrogen) atoms. The van der Waals surface area contributed by atoms with E-state index in [1.54, 1.807) is 0 Å². The second kappa shape index (κ2) is 66.7. The Balaban J connectivity index is 5.14. The molecular weight excluding hydrogens is 1200 g/mol. The summed E-state index contributed by atoms with van der Waals surface area (Å²) < 4.78 is 68.2. The van der Waals surface area contributed by atoms with Crippen LogP contribution in [-0.4, -0.2) is 96.7 Å². The van der Waals surface area contributed by atoms with Gasteiger partial charge in [0.25, 0.3) is 0 Å². The van der Waals surface area contributed by atoms with Crippen molar-refractivity contribution in [1.29, 1.82) is 0 Å². The Morgan fingerprint density at radius 3 is 0.648 bits per heavy atom. The monoisotopic (exact) mass is 1340 g/mol. The molecule has 0 heterocycles. The summed E-state index contributed by atoms with van der Waals surface area (Å²) in [6, 6.07) is 0. The number of carbonyl (C=O) groups is 4. The van der Waals surface area contributed by atoms with Gasteiger partial charge in [-0.15, -0.1) is 0 Å². The van der Waals surface area contributed by atoms with Crippen LogP contribution in [0.3, 0.4) is 0 Å². The van der Waals surface area contributed by atoms with Crippen LogP contribution in [0.15, 0.2) is 0 Å². The van der Waals surface area contributed by atoms with E-state index in [2.05, 4.69) is 27.7 Å². The molecule has 5 atom stereocenters. The predicted octanol–water partition coefficient (Wildman–Crippen LogP) is 21.1. The first kappa shape index (κ1) is 89.1. The van der Waals surface area contributed by atoms with Crippen molar-refractivity contribution < 1.29 is 80.2 Å². The lowest BCUT2D eigenvalue weighted by Crippen LogP contribution is -2.30. The van der Waals surface area contributed by atoms with Gasteiger partial charge in [0.2, 0.25) is 0 Å². The Labute approximate surface area is 556 Å². The molecule has 0 aliphatic heterocycles. The molecule has 0 bridgehead atoms. The lowest BCUT2D eigenvalue weighted by Gasteiger charge is -2.21. The van der Waals surface area contributed by atoms with E-state index >= 15 is 0 Å². The smallest absolute Gasteiger partial charge is 0.462 e. The zero-order chi connectivity index (χ0) is 66.8. The quantitative estimate of drug-likeness (QED) is 0.0222. The molecule has 540 valence electrons. The van der Waals surface area contributed by atoms with E-state index in [9.17, 15) is 43.2 Å². The molecule has 19 heteroatoms. The molecule has 0 saturated carbocycles. The van der Waals surface area contributed by atoms with Crippen LogP contribution in [0, 0.1) is 0 Å². The van der Waals surface area contributed by atoms with Gasteiger partial charge in [-0.3, -0.25) is 37.3 Å². The molecule has 0 spiro atoms. The van der Waals surface area contributed by atoms with Crippen LogP contribution < -0.4 is 0 Å². The molecule has 0 aliphatic carbocycles. The molecule has 0 rings (SSSR count). The van der Waals surface area contributed by atoms with Gasteiger partial charge < -0.3 is 33.8 Å².